The van der Waals surface area contributed by atoms with Crippen LogP contribution in [0.1, 0.15) is 17.9 Å². The highest BCUT2D eigenvalue weighted by Crippen LogP contribution is 2.26. The van der Waals surface area contributed by atoms with Crippen LogP contribution < -0.4 is 5.32 Å². The lowest BCUT2D eigenvalue weighted by molar-refractivity contribution is -0.118. The Balaban J connectivity index is 1.83. The number of benzene rings is 2. The van der Waals surface area contributed by atoms with Crippen LogP contribution in [0.2, 0.25) is 5.02 Å². The lowest BCUT2D eigenvalue weighted by Gasteiger charge is -2.17. The van der Waals surface area contributed by atoms with Crippen LogP contribution in [0.4, 0.5) is 0 Å². The Kier molecular flexibility index (Phi) is 7.46. The molecule has 0 bridgehead atoms. The average Bonchev–Trinajstić information content (AvgIpc) is 2.58. The summed E-state index contributed by atoms with van der Waals surface area (Å²) >= 11 is 7.50. The molecule has 0 spiro atoms. The molecule has 0 aliphatic rings. The van der Waals surface area contributed by atoms with Gasteiger partial charge in [-0.05, 0) is 24.1 Å². The molecule has 0 aromatic heterocycles. The monoisotopic (exact) mass is 349 g/mol. The molecular weight excluding hydrogens is 330 g/mol. The van der Waals surface area contributed by atoms with E-state index in [0.717, 1.165) is 10.5 Å². The summed E-state index contributed by atoms with van der Waals surface area (Å²) in [7, 11) is 0. The Hall–Kier alpha value is -1.49. The highest BCUT2D eigenvalue weighted by Gasteiger charge is 2.13. The van der Waals surface area contributed by atoms with Gasteiger partial charge < -0.3 is 10.4 Å². The molecule has 0 heterocycles. The number of carbonyl (C=O) groups excluding carboxylic acids is 1. The van der Waals surface area contributed by atoms with Gasteiger partial charge >= 0.3 is 0 Å². The van der Waals surface area contributed by atoms with Crippen LogP contribution in [0.25, 0.3) is 0 Å². The van der Waals surface area contributed by atoms with Crippen LogP contribution in [0.3, 0.4) is 0 Å². The van der Waals surface area contributed by atoms with Crippen molar-refractivity contribution < 1.29 is 9.90 Å². The maximum Gasteiger partial charge on any atom is 0.230 e. The summed E-state index contributed by atoms with van der Waals surface area (Å²) in [6.45, 7) is 0.621. The summed E-state index contributed by atoms with van der Waals surface area (Å²) in [6, 6.07) is 17.4. The van der Waals surface area contributed by atoms with Gasteiger partial charge in [0.15, 0.2) is 0 Å². The third-order valence-electron chi connectivity index (χ3n) is 3.49. The zero-order valence-corrected chi connectivity index (χ0v) is 14.3. The summed E-state index contributed by atoms with van der Waals surface area (Å²) < 4.78 is 0. The van der Waals surface area contributed by atoms with Crippen molar-refractivity contribution in [2.75, 3.05) is 18.9 Å². The smallest absolute Gasteiger partial charge is 0.230 e. The van der Waals surface area contributed by atoms with Crippen LogP contribution in [-0.2, 0) is 4.79 Å². The van der Waals surface area contributed by atoms with Crippen molar-refractivity contribution in [2.24, 2.45) is 0 Å². The second kappa shape index (κ2) is 9.60. The molecule has 122 valence electrons. The number of amides is 1. The molecule has 5 heteroatoms. The molecule has 0 aliphatic carbocycles. The van der Waals surface area contributed by atoms with Gasteiger partial charge in [-0.1, -0.05) is 54.1 Å². The Labute approximate surface area is 146 Å². The van der Waals surface area contributed by atoms with Crippen molar-refractivity contribution in [1.29, 1.82) is 0 Å². The van der Waals surface area contributed by atoms with Crippen LogP contribution >= 0.6 is 23.4 Å². The Bertz CT molecular complexity index is 621. The lowest BCUT2D eigenvalue weighted by Crippen LogP contribution is -2.30. The van der Waals surface area contributed by atoms with Crippen LogP contribution in [0.15, 0.2) is 59.5 Å². The van der Waals surface area contributed by atoms with Crippen molar-refractivity contribution in [3.8, 4) is 0 Å². The second-order valence-corrected chi connectivity index (χ2v) is 6.57. The van der Waals surface area contributed by atoms with Gasteiger partial charge in [0.25, 0.3) is 0 Å². The summed E-state index contributed by atoms with van der Waals surface area (Å²) in [5, 5.41) is 12.8. The molecule has 3 nitrogen and oxygen atoms in total. The van der Waals surface area contributed by atoms with Gasteiger partial charge in [-0.25, -0.2) is 0 Å². The number of aliphatic hydroxyl groups excluding tert-OH is 1. The van der Waals surface area contributed by atoms with Crippen LogP contribution in [0.5, 0.6) is 0 Å². The number of hydrogen-bond donors (Lipinski definition) is 2. The van der Waals surface area contributed by atoms with Gasteiger partial charge in [0.05, 0.1) is 10.8 Å². The van der Waals surface area contributed by atoms with E-state index in [0.29, 0.717) is 23.7 Å². The first-order valence-corrected chi connectivity index (χ1v) is 8.87. The normalized spacial score (nSPS) is 11.9. The third-order valence-corrected chi connectivity index (χ3v) is 5.00. The first-order chi connectivity index (χ1) is 11.2. The first kappa shape index (κ1) is 17.9. The van der Waals surface area contributed by atoms with Crippen molar-refractivity contribution in [2.45, 2.75) is 17.2 Å². The number of carbonyl (C=O) groups is 1. The van der Waals surface area contributed by atoms with Crippen molar-refractivity contribution >= 4 is 29.3 Å². The number of aliphatic hydroxyl groups is 1. The molecule has 0 saturated carbocycles. The van der Waals surface area contributed by atoms with Gasteiger partial charge in [0, 0.05) is 24.0 Å². The van der Waals surface area contributed by atoms with Gasteiger partial charge in [0.1, 0.15) is 0 Å². The van der Waals surface area contributed by atoms with Gasteiger partial charge in [-0.3, -0.25) is 4.79 Å². The van der Waals surface area contributed by atoms with E-state index in [1.54, 1.807) is 0 Å². The second-order valence-electron chi connectivity index (χ2n) is 5.14. The Morgan fingerprint density at radius 3 is 2.52 bits per heavy atom. The minimum atomic E-state index is -0.0335. The van der Waals surface area contributed by atoms with Gasteiger partial charge in [0.2, 0.25) is 5.91 Å². The highest BCUT2D eigenvalue weighted by atomic mass is 35.5. The summed E-state index contributed by atoms with van der Waals surface area (Å²) in [5.74, 6) is 0.411. The van der Waals surface area contributed by atoms with Crippen LogP contribution in [-0.4, -0.2) is 29.9 Å². The summed E-state index contributed by atoms with van der Waals surface area (Å²) in [6.07, 6.45) is 0.627. The molecular formula is C18H20ClNO2S. The van der Waals surface area contributed by atoms with Crippen molar-refractivity contribution in [1.82, 2.24) is 5.32 Å². The minimum absolute atomic E-state index is 0.0335. The van der Waals surface area contributed by atoms with Crippen molar-refractivity contribution in [3.63, 3.8) is 0 Å². The van der Waals surface area contributed by atoms with E-state index < -0.39 is 0 Å². The number of nitrogens with one attached hydrogen (secondary N) is 1. The fraction of sp³-hybridized carbons (Fsp3) is 0.278. The van der Waals surface area contributed by atoms with E-state index in [1.807, 2.05) is 54.6 Å². The molecule has 0 aliphatic heterocycles. The quantitative estimate of drug-likeness (QED) is 0.714. The molecule has 2 N–H and O–H groups in total. The Morgan fingerprint density at radius 1 is 1.13 bits per heavy atom. The van der Waals surface area contributed by atoms with E-state index >= 15 is 0 Å². The van der Waals surface area contributed by atoms with E-state index in [2.05, 4.69) is 5.32 Å². The van der Waals surface area contributed by atoms with E-state index in [1.165, 1.54) is 11.8 Å². The number of thioether (sulfide) groups is 1. The summed E-state index contributed by atoms with van der Waals surface area (Å²) in [5.41, 5.74) is 1.13. The first-order valence-electron chi connectivity index (χ1n) is 7.50. The zero-order chi connectivity index (χ0) is 16.5. The number of rotatable bonds is 8. The molecule has 0 saturated heterocycles. The average molecular weight is 350 g/mol. The molecule has 1 atom stereocenters. The topological polar surface area (TPSA) is 49.3 Å². The van der Waals surface area contributed by atoms with E-state index in [4.69, 9.17) is 11.6 Å². The van der Waals surface area contributed by atoms with Crippen LogP contribution in [0, 0.1) is 0 Å². The molecule has 2 rings (SSSR count). The molecule has 0 fully saturated rings. The molecule has 2 aromatic carbocycles. The maximum atomic E-state index is 12.0. The Morgan fingerprint density at radius 2 is 1.83 bits per heavy atom. The van der Waals surface area contributed by atoms with Gasteiger partial charge in [-0.2, -0.15) is 0 Å². The largest absolute Gasteiger partial charge is 0.396 e. The molecule has 1 amide bonds. The third kappa shape index (κ3) is 5.90. The highest BCUT2D eigenvalue weighted by molar-refractivity contribution is 8.00. The predicted molar refractivity (Wildman–Crippen MR) is 96.1 cm³/mol. The van der Waals surface area contributed by atoms with E-state index in [9.17, 15) is 9.90 Å². The van der Waals surface area contributed by atoms with Gasteiger partial charge in [-0.15, -0.1) is 11.8 Å². The lowest BCUT2D eigenvalue weighted by atomic mass is 9.96. The maximum absolute atomic E-state index is 12.0. The predicted octanol–water partition coefficient (Wildman–Crippen LogP) is 3.71. The molecule has 23 heavy (non-hydrogen) atoms. The molecule has 1 unspecified atom stereocenters. The number of halogens is 1. The fourth-order valence-electron chi connectivity index (χ4n) is 2.26. The van der Waals surface area contributed by atoms with Crippen molar-refractivity contribution in [3.05, 3.63) is 65.2 Å². The molecule has 2 aromatic rings. The number of hydrogen-bond acceptors (Lipinski definition) is 3. The SMILES string of the molecule is O=C(CSc1ccccc1Cl)NCC(CCO)c1ccccc1. The van der Waals surface area contributed by atoms with E-state index in [-0.39, 0.29) is 18.4 Å². The molecule has 0 radical (unpaired) electrons. The zero-order valence-electron chi connectivity index (χ0n) is 12.7. The standard InChI is InChI=1S/C18H20ClNO2S/c19-16-8-4-5-9-17(16)23-13-18(22)20-12-15(10-11-21)14-6-2-1-3-7-14/h1-9,15,21H,10-13H2,(H,20,22). The minimum Gasteiger partial charge on any atom is -0.396 e. The summed E-state index contributed by atoms with van der Waals surface area (Å²) in [4.78, 5) is 12.9. The fourth-order valence-corrected chi connectivity index (χ4v) is 3.33.